The molecular formula is C23H27N3O4. The second-order valence-corrected chi connectivity index (χ2v) is 7.48. The van der Waals surface area contributed by atoms with Crippen LogP contribution in [0.4, 0.5) is 17.1 Å². The first-order valence-corrected chi connectivity index (χ1v) is 10.0. The summed E-state index contributed by atoms with van der Waals surface area (Å²) in [6.07, 6.45) is 0.884. The van der Waals surface area contributed by atoms with Gasteiger partial charge in [0.1, 0.15) is 0 Å². The van der Waals surface area contributed by atoms with Gasteiger partial charge in [0.15, 0.2) is 6.61 Å². The number of carbonyl (C=O) groups is 3. The Labute approximate surface area is 176 Å². The lowest BCUT2D eigenvalue weighted by atomic mass is 10.1. The molecule has 2 amide bonds. The van der Waals surface area contributed by atoms with E-state index in [-0.39, 0.29) is 25.5 Å². The fraction of sp³-hybridized carbons (Fsp3) is 0.348. The number of rotatable bonds is 7. The molecule has 0 bridgehead atoms. The number of esters is 1. The van der Waals surface area contributed by atoms with Crippen molar-refractivity contribution in [2.24, 2.45) is 5.92 Å². The van der Waals surface area contributed by atoms with Crippen molar-refractivity contribution in [1.82, 2.24) is 0 Å². The molecule has 1 fully saturated rings. The molecule has 0 aromatic heterocycles. The summed E-state index contributed by atoms with van der Waals surface area (Å²) in [5.74, 6) is -1.63. The zero-order valence-electron chi connectivity index (χ0n) is 17.6. The molecule has 30 heavy (non-hydrogen) atoms. The second kappa shape index (κ2) is 9.43. The zero-order chi connectivity index (χ0) is 21.7. The highest BCUT2D eigenvalue weighted by Gasteiger charge is 2.37. The van der Waals surface area contributed by atoms with E-state index in [2.05, 4.69) is 5.32 Å². The van der Waals surface area contributed by atoms with E-state index in [9.17, 15) is 14.4 Å². The molecule has 0 unspecified atom stereocenters. The summed E-state index contributed by atoms with van der Waals surface area (Å²) in [4.78, 5) is 40.6. The van der Waals surface area contributed by atoms with Crippen LogP contribution in [0.2, 0.25) is 0 Å². The van der Waals surface area contributed by atoms with Gasteiger partial charge < -0.3 is 19.9 Å². The van der Waals surface area contributed by atoms with Gasteiger partial charge in [-0.15, -0.1) is 0 Å². The maximum atomic E-state index is 12.4. The molecule has 1 saturated heterocycles. The average Bonchev–Trinajstić information content (AvgIpc) is 3.14. The number of ether oxygens (including phenoxy) is 1. The maximum Gasteiger partial charge on any atom is 0.311 e. The van der Waals surface area contributed by atoms with E-state index in [1.54, 1.807) is 17.0 Å². The lowest BCUT2D eigenvalue weighted by molar-refractivity contribution is -0.151. The molecule has 3 rings (SSSR count). The molecule has 0 saturated carbocycles. The molecule has 2 aromatic rings. The van der Waals surface area contributed by atoms with Crippen LogP contribution in [0.5, 0.6) is 0 Å². The summed E-state index contributed by atoms with van der Waals surface area (Å²) in [7, 11) is 3.87. The molecule has 1 aliphatic heterocycles. The summed E-state index contributed by atoms with van der Waals surface area (Å²) in [6.45, 7) is 1.91. The Kier molecular flexibility index (Phi) is 6.72. The van der Waals surface area contributed by atoms with Crippen LogP contribution in [0.15, 0.2) is 48.5 Å². The first-order valence-electron chi connectivity index (χ1n) is 10.0. The Morgan fingerprint density at radius 3 is 2.50 bits per heavy atom. The molecule has 1 atom stereocenters. The number of para-hydroxylation sites is 1. The molecule has 1 heterocycles. The lowest BCUT2D eigenvalue weighted by Crippen LogP contribution is -2.28. The molecule has 0 aliphatic carbocycles. The number of hydrogen-bond acceptors (Lipinski definition) is 5. The van der Waals surface area contributed by atoms with Crippen LogP contribution in [0.3, 0.4) is 0 Å². The summed E-state index contributed by atoms with van der Waals surface area (Å²) in [5, 5.41) is 2.70. The number of amides is 2. The summed E-state index contributed by atoms with van der Waals surface area (Å²) >= 11 is 0. The molecule has 0 radical (unpaired) electrons. The van der Waals surface area contributed by atoms with Crippen LogP contribution in [-0.4, -0.2) is 45.0 Å². The van der Waals surface area contributed by atoms with Crippen molar-refractivity contribution in [2.45, 2.75) is 19.8 Å². The summed E-state index contributed by atoms with van der Waals surface area (Å²) < 4.78 is 5.17. The van der Waals surface area contributed by atoms with Crippen molar-refractivity contribution in [3.8, 4) is 0 Å². The van der Waals surface area contributed by atoms with E-state index < -0.39 is 17.8 Å². The lowest BCUT2D eigenvalue weighted by Gasteiger charge is -2.19. The number of carbonyl (C=O) groups excluding carboxylic acids is 3. The molecule has 2 aromatic carbocycles. The van der Waals surface area contributed by atoms with Gasteiger partial charge in [-0.05, 0) is 42.3 Å². The van der Waals surface area contributed by atoms with Crippen molar-refractivity contribution in [2.75, 3.05) is 42.4 Å². The highest BCUT2D eigenvalue weighted by Crippen LogP contribution is 2.29. The minimum atomic E-state index is -0.574. The highest BCUT2D eigenvalue weighted by atomic mass is 16.5. The number of anilines is 3. The second-order valence-electron chi connectivity index (χ2n) is 7.48. The predicted octanol–water partition coefficient (Wildman–Crippen LogP) is 2.85. The van der Waals surface area contributed by atoms with Crippen molar-refractivity contribution < 1.29 is 19.1 Å². The van der Waals surface area contributed by atoms with Gasteiger partial charge in [0.2, 0.25) is 5.91 Å². The first-order chi connectivity index (χ1) is 14.4. The molecule has 1 aliphatic rings. The predicted molar refractivity (Wildman–Crippen MR) is 117 cm³/mol. The van der Waals surface area contributed by atoms with Gasteiger partial charge in [0.05, 0.1) is 5.92 Å². The van der Waals surface area contributed by atoms with Crippen LogP contribution >= 0.6 is 0 Å². The summed E-state index contributed by atoms with van der Waals surface area (Å²) in [6, 6.07) is 15.0. The fourth-order valence-electron chi connectivity index (χ4n) is 3.47. The minimum Gasteiger partial charge on any atom is -0.455 e. The summed E-state index contributed by atoms with van der Waals surface area (Å²) in [5.41, 5.74) is 3.53. The maximum absolute atomic E-state index is 12.4. The van der Waals surface area contributed by atoms with Crippen LogP contribution in [0.1, 0.15) is 18.9 Å². The van der Waals surface area contributed by atoms with E-state index in [1.807, 2.05) is 62.3 Å². The molecule has 0 spiro atoms. The Balaban J connectivity index is 1.52. The van der Waals surface area contributed by atoms with Crippen LogP contribution in [0, 0.1) is 5.92 Å². The topological polar surface area (TPSA) is 79.0 Å². The van der Waals surface area contributed by atoms with Gasteiger partial charge >= 0.3 is 5.97 Å². The van der Waals surface area contributed by atoms with E-state index in [4.69, 9.17) is 4.74 Å². The van der Waals surface area contributed by atoms with Gasteiger partial charge in [0.25, 0.3) is 5.91 Å². The van der Waals surface area contributed by atoms with Crippen LogP contribution < -0.4 is 15.1 Å². The van der Waals surface area contributed by atoms with Gasteiger partial charge in [-0.25, -0.2) is 0 Å². The van der Waals surface area contributed by atoms with Gasteiger partial charge in [0, 0.05) is 44.1 Å². The van der Waals surface area contributed by atoms with E-state index in [1.165, 1.54) is 0 Å². The van der Waals surface area contributed by atoms with Crippen molar-refractivity contribution >= 4 is 34.8 Å². The van der Waals surface area contributed by atoms with Crippen molar-refractivity contribution in [3.63, 3.8) is 0 Å². The van der Waals surface area contributed by atoms with Crippen LogP contribution in [-0.2, 0) is 25.5 Å². The number of benzene rings is 2. The number of nitrogens with zero attached hydrogens (tertiary/aromatic N) is 2. The van der Waals surface area contributed by atoms with Crippen molar-refractivity contribution in [1.29, 1.82) is 0 Å². The Morgan fingerprint density at radius 2 is 1.83 bits per heavy atom. The normalized spacial score (nSPS) is 15.8. The molecule has 7 nitrogen and oxygen atoms in total. The molecule has 1 N–H and O–H groups in total. The molecule has 158 valence electrons. The fourth-order valence-corrected chi connectivity index (χ4v) is 3.47. The SMILES string of the molecule is CCc1ccccc1N1C[C@@H](C(=O)OCC(=O)Nc2ccc(N(C)C)cc2)CC1=O. The molecular weight excluding hydrogens is 382 g/mol. The quantitative estimate of drug-likeness (QED) is 0.712. The van der Waals surface area contributed by atoms with E-state index in [0.29, 0.717) is 5.69 Å². The van der Waals surface area contributed by atoms with Gasteiger partial charge in [-0.3, -0.25) is 14.4 Å². The third-order valence-electron chi connectivity index (χ3n) is 5.13. The number of hydrogen-bond donors (Lipinski definition) is 1. The Bertz CT molecular complexity index is 924. The third-order valence-corrected chi connectivity index (χ3v) is 5.13. The third kappa shape index (κ3) is 4.97. The Morgan fingerprint density at radius 1 is 1.13 bits per heavy atom. The Hall–Kier alpha value is -3.35. The largest absolute Gasteiger partial charge is 0.455 e. The van der Waals surface area contributed by atoms with E-state index in [0.717, 1.165) is 23.4 Å². The molecule has 7 heteroatoms. The van der Waals surface area contributed by atoms with Gasteiger partial charge in [-0.1, -0.05) is 25.1 Å². The smallest absolute Gasteiger partial charge is 0.311 e. The first kappa shape index (κ1) is 21.4. The highest BCUT2D eigenvalue weighted by molar-refractivity contribution is 6.00. The standard InChI is InChI=1S/C23H27N3O4/c1-4-16-7-5-6-8-20(16)26-14-17(13-22(26)28)23(29)30-15-21(27)24-18-9-11-19(12-10-18)25(2)3/h5-12,17H,4,13-15H2,1-3H3,(H,24,27)/t17-/m0/s1. The van der Waals surface area contributed by atoms with E-state index >= 15 is 0 Å². The van der Waals surface area contributed by atoms with Crippen LogP contribution in [0.25, 0.3) is 0 Å². The van der Waals surface area contributed by atoms with Crippen molar-refractivity contribution in [3.05, 3.63) is 54.1 Å². The minimum absolute atomic E-state index is 0.0878. The number of nitrogens with one attached hydrogen (secondary N) is 1. The van der Waals surface area contributed by atoms with Gasteiger partial charge in [-0.2, -0.15) is 0 Å². The average molecular weight is 409 g/mol. The monoisotopic (exact) mass is 409 g/mol. The zero-order valence-corrected chi connectivity index (χ0v) is 17.6. The number of aryl methyl sites for hydroxylation is 1.